The maximum atomic E-state index is 12.7. The van der Waals surface area contributed by atoms with E-state index in [9.17, 15) is 4.79 Å². The zero-order valence-corrected chi connectivity index (χ0v) is 16.1. The largest absolute Gasteiger partial charge is 0.497 e. The summed E-state index contributed by atoms with van der Waals surface area (Å²) in [6.45, 7) is 4.01. The van der Waals surface area contributed by atoms with Gasteiger partial charge in [0.05, 0.1) is 7.11 Å². The first kappa shape index (κ1) is 18.8. The van der Waals surface area contributed by atoms with Gasteiger partial charge in [-0.25, -0.2) is 4.98 Å². The van der Waals surface area contributed by atoms with E-state index in [-0.39, 0.29) is 11.7 Å². The smallest absolute Gasteiger partial charge is 0.185 e. The third kappa shape index (κ3) is 4.58. The Labute approximate surface area is 159 Å². The first-order valence-corrected chi connectivity index (χ1v) is 8.94. The molecule has 0 aliphatic rings. The van der Waals surface area contributed by atoms with Gasteiger partial charge >= 0.3 is 0 Å². The number of methoxy groups -OCH3 is 1. The maximum Gasteiger partial charge on any atom is 0.185 e. The second-order valence-corrected chi connectivity index (χ2v) is 6.84. The number of pyridine rings is 1. The number of hydrogen-bond acceptors (Lipinski definition) is 5. The number of ketones is 1. The fraction of sp³-hybridized carbons (Fsp3) is 0.333. The van der Waals surface area contributed by atoms with Crippen molar-refractivity contribution in [3.05, 3.63) is 71.1 Å². The molecule has 0 amide bonds. The van der Waals surface area contributed by atoms with Gasteiger partial charge in [-0.15, -0.1) is 10.2 Å². The number of rotatable bonds is 7. The topological polar surface area (TPSA) is 69.9 Å². The van der Waals surface area contributed by atoms with Crippen molar-refractivity contribution in [2.75, 3.05) is 7.11 Å². The highest BCUT2D eigenvalue weighted by molar-refractivity contribution is 5.96. The summed E-state index contributed by atoms with van der Waals surface area (Å²) in [6.07, 6.45) is 2.81. The summed E-state index contributed by atoms with van der Waals surface area (Å²) < 4.78 is 7.17. The van der Waals surface area contributed by atoms with E-state index in [0.717, 1.165) is 23.5 Å². The molecule has 0 unspecified atom stereocenters. The summed E-state index contributed by atoms with van der Waals surface area (Å²) >= 11 is 0. The van der Waals surface area contributed by atoms with Crippen LogP contribution in [0.25, 0.3) is 0 Å². The first-order valence-electron chi connectivity index (χ1n) is 8.94. The number of Topliss-reactive ketones (excluding diaryl/α,β-unsaturated/α-hetero) is 1. The van der Waals surface area contributed by atoms with Crippen LogP contribution in [0.3, 0.4) is 0 Å². The number of benzene rings is 1. The van der Waals surface area contributed by atoms with Gasteiger partial charge in [-0.05, 0) is 24.0 Å². The van der Waals surface area contributed by atoms with Crippen LogP contribution in [-0.2, 0) is 19.9 Å². The third-order valence-electron chi connectivity index (χ3n) is 4.63. The van der Waals surface area contributed by atoms with Crippen LogP contribution in [-0.4, -0.2) is 32.6 Å². The van der Waals surface area contributed by atoms with E-state index in [4.69, 9.17) is 4.74 Å². The van der Waals surface area contributed by atoms with Crippen LogP contribution in [0.1, 0.15) is 46.0 Å². The molecular formula is C21H24N4O2. The van der Waals surface area contributed by atoms with E-state index in [2.05, 4.69) is 34.2 Å². The molecule has 0 aliphatic heterocycles. The van der Waals surface area contributed by atoms with Crippen LogP contribution in [0.15, 0.2) is 42.7 Å². The molecule has 2 heterocycles. The average Bonchev–Trinajstić information content (AvgIpc) is 3.06. The number of nitrogens with zero attached hydrogens (tertiary/aromatic N) is 4. The van der Waals surface area contributed by atoms with Crippen molar-refractivity contribution in [3.63, 3.8) is 0 Å². The minimum absolute atomic E-state index is 0.0184. The molecule has 27 heavy (non-hydrogen) atoms. The highest BCUT2D eigenvalue weighted by Crippen LogP contribution is 2.21. The summed E-state index contributed by atoms with van der Waals surface area (Å²) in [5.41, 5.74) is 3.36. The number of aryl methyl sites for hydroxylation is 2. The van der Waals surface area contributed by atoms with Crippen molar-refractivity contribution >= 4 is 5.78 Å². The third-order valence-corrected chi connectivity index (χ3v) is 4.63. The van der Waals surface area contributed by atoms with Crippen LogP contribution in [0.5, 0.6) is 5.75 Å². The van der Waals surface area contributed by atoms with Crippen LogP contribution in [0.4, 0.5) is 0 Å². The standard InChI is InChI=1S/C21H24N4O2/c1-14(8-21-24-22-13-25(21)3)17-7-5-6-16(10-17)11-20(26)19-12-18(27-4)9-15(2)23-19/h5-7,9-10,12-14H,8,11H2,1-4H3/t14-/m1/s1. The molecule has 0 saturated heterocycles. The lowest BCUT2D eigenvalue weighted by Gasteiger charge is -2.13. The quantitative estimate of drug-likeness (QED) is 0.602. The van der Waals surface area contributed by atoms with E-state index >= 15 is 0 Å². The van der Waals surface area contributed by atoms with Gasteiger partial charge in [-0.3, -0.25) is 4.79 Å². The first-order chi connectivity index (χ1) is 13.0. The zero-order valence-electron chi connectivity index (χ0n) is 16.1. The van der Waals surface area contributed by atoms with E-state index in [1.807, 2.05) is 36.7 Å². The summed E-state index contributed by atoms with van der Waals surface area (Å²) in [6, 6.07) is 11.6. The lowest BCUT2D eigenvalue weighted by atomic mass is 9.94. The van der Waals surface area contributed by atoms with Gasteiger partial charge in [0.15, 0.2) is 5.78 Å². The van der Waals surface area contributed by atoms with Gasteiger partial charge < -0.3 is 9.30 Å². The van der Waals surface area contributed by atoms with Gasteiger partial charge in [0.25, 0.3) is 0 Å². The minimum atomic E-state index is -0.0184. The van der Waals surface area contributed by atoms with Gasteiger partial charge in [0.2, 0.25) is 0 Å². The second-order valence-electron chi connectivity index (χ2n) is 6.84. The highest BCUT2D eigenvalue weighted by atomic mass is 16.5. The molecule has 3 aromatic rings. The monoisotopic (exact) mass is 364 g/mol. The molecule has 6 heteroatoms. The molecule has 1 atom stereocenters. The van der Waals surface area contributed by atoms with Crippen LogP contribution >= 0.6 is 0 Å². The fourth-order valence-corrected chi connectivity index (χ4v) is 3.07. The molecule has 140 valence electrons. The number of carbonyl (C=O) groups is 1. The van der Waals surface area contributed by atoms with E-state index < -0.39 is 0 Å². The van der Waals surface area contributed by atoms with E-state index in [1.165, 1.54) is 5.56 Å². The minimum Gasteiger partial charge on any atom is -0.497 e. The Balaban J connectivity index is 1.74. The zero-order chi connectivity index (χ0) is 19.4. The Hall–Kier alpha value is -3.02. The Morgan fingerprint density at radius 1 is 1.26 bits per heavy atom. The summed E-state index contributed by atoms with van der Waals surface area (Å²) in [5.74, 6) is 1.85. The summed E-state index contributed by atoms with van der Waals surface area (Å²) in [7, 11) is 3.53. The van der Waals surface area contributed by atoms with Crippen molar-refractivity contribution in [2.24, 2.45) is 7.05 Å². The predicted octanol–water partition coefficient (Wildman–Crippen LogP) is 3.30. The molecule has 2 aromatic heterocycles. The van der Waals surface area contributed by atoms with Crippen molar-refractivity contribution in [1.82, 2.24) is 19.7 Å². The van der Waals surface area contributed by atoms with Crippen molar-refractivity contribution in [2.45, 2.75) is 32.6 Å². The number of hydrogen-bond donors (Lipinski definition) is 0. The molecule has 3 rings (SSSR count). The summed E-state index contributed by atoms with van der Waals surface area (Å²) in [5, 5.41) is 8.09. The van der Waals surface area contributed by atoms with Gasteiger partial charge in [0.1, 0.15) is 23.6 Å². The van der Waals surface area contributed by atoms with Crippen molar-refractivity contribution in [1.29, 1.82) is 0 Å². The summed E-state index contributed by atoms with van der Waals surface area (Å²) in [4.78, 5) is 17.0. The Bertz CT molecular complexity index is 949. The van der Waals surface area contributed by atoms with Gasteiger partial charge in [0, 0.05) is 37.7 Å². The number of ether oxygens (including phenoxy) is 1. The number of carbonyl (C=O) groups excluding carboxylic acids is 1. The van der Waals surface area contributed by atoms with Crippen molar-refractivity contribution in [3.8, 4) is 5.75 Å². The highest BCUT2D eigenvalue weighted by Gasteiger charge is 2.14. The molecule has 0 N–H and O–H groups in total. The Morgan fingerprint density at radius 3 is 2.78 bits per heavy atom. The SMILES string of the molecule is COc1cc(C)nc(C(=O)Cc2cccc([C@H](C)Cc3nncn3C)c2)c1. The molecule has 0 bridgehead atoms. The molecule has 0 saturated carbocycles. The number of aromatic nitrogens is 4. The average molecular weight is 364 g/mol. The molecule has 0 fully saturated rings. The normalized spacial score (nSPS) is 12.0. The van der Waals surface area contributed by atoms with Crippen LogP contribution in [0, 0.1) is 6.92 Å². The van der Waals surface area contributed by atoms with Gasteiger partial charge in [-0.1, -0.05) is 31.2 Å². The van der Waals surface area contributed by atoms with Crippen molar-refractivity contribution < 1.29 is 9.53 Å². The fourth-order valence-electron chi connectivity index (χ4n) is 3.07. The lowest BCUT2D eigenvalue weighted by Crippen LogP contribution is -2.08. The molecule has 6 nitrogen and oxygen atoms in total. The van der Waals surface area contributed by atoms with Crippen LogP contribution in [0.2, 0.25) is 0 Å². The van der Waals surface area contributed by atoms with E-state index in [0.29, 0.717) is 17.9 Å². The molecular weight excluding hydrogens is 340 g/mol. The molecule has 0 radical (unpaired) electrons. The van der Waals surface area contributed by atoms with E-state index in [1.54, 1.807) is 19.5 Å². The van der Waals surface area contributed by atoms with Gasteiger partial charge in [-0.2, -0.15) is 0 Å². The Kier molecular flexibility index (Phi) is 5.64. The van der Waals surface area contributed by atoms with Crippen LogP contribution < -0.4 is 4.74 Å². The lowest BCUT2D eigenvalue weighted by molar-refractivity contribution is 0.0987. The second kappa shape index (κ2) is 8.12. The molecule has 0 aliphatic carbocycles. The molecule has 1 aromatic carbocycles. The predicted molar refractivity (Wildman–Crippen MR) is 103 cm³/mol. The maximum absolute atomic E-state index is 12.7. The Morgan fingerprint density at radius 2 is 2.07 bits per heavy atom. The molecule has 0 spiro atoms.